The quantitative estimate of drug-likeness (QED) is 0.430. The number of pyridine rings is 1. The molecule has 0 aliphatic rings. The van der Waals surface area contributed by atoms with Gasteiger partial charge in [0.25, 0.3) is 10.0 Å². The second-order valence-electron chi connectivity index (χ2n) is 3.36. The highest BCUT2D eigenvalue weighted by Gasteiger charge is 2.19. The van der Waals surface area contributed by atoms with E-state index in [4.69, 9.17) is 5.84 Å². The molecule has 0 aliphatic carbocycles. The van der Waals surface area contributed by atoms with Gasteiger partial charge in [-0.15, -0.1) is 0 Å². The monoisotopic (exact) mass is 268 g/mol. The molecule has 0 radical (unpaired) electrons. The van der Waals surface area contributed by atoms with Crippen LogP contribution in [0.2, 0.25) is 0 Å². The maximum atomic E-state index is 12.0. The minimum absolute atomic E-state index is 0.0515. The highest BCUT2D eigenvalue weighted by molar-refractivity contribution is 7.89. The van der Waals surface area contributed by atoms with Crippen molar-refractivity contribution in [1.82, 2.24) is 19.7 Å². The molecular formula is C9H12N6O2S. The molecule has 0 aromatic carbocycles. The highest BCUT2D eigenvalue weighted by Crippen LogP contribution is 2.16. The topological polar surface area (TPSA) is 126 Å². The van der Waals surface area contributed by atoms with Crippen LogP contribution in [-0.2, 0) is 16.6 Å². The fourth-order valence-corrected chi connectivity index (χ4v) is 2.42. The molecule has 0 bridgehead atoms. The lowest BCUT2D eigenvalue weighted by molar-refractivity contribution is 0.576. The van der Waals surface area contributed by atoms with Gasteiger partial charge in [0, 0.05) is 18.6 Å². The first-order chi connectivity index (χ1) is 8.63. The molecule has 0 fully saturated rings. The molecule has 2 aromatic heterocycles. The number of nitrogens with two attached hydrogens (primary N) is 1. The number of imidazole rings is 1. The Morgan fingerprint density at radius 1 is 1.33 bits per heavy atom. The molecule has 2 heterocycles. The van der Waals surface area contributed by atoms with Crippen LogP contribution >= 0.6 is 0 Å². The number of nitrogen functional groups attached to an aromatic ring is 1. The van der Waals surface area contributed by atoms with Crippen molar-refractivity contribution in [3.8, 4) is 0 Å². The molecule has 96 valence electrons. The number of sulfonamides is 1. The number of rotatable bonds is 5. The summed E-state index contributed by atoms with van der Waals surface area (Å²) in [5.41, 5.74) is 2.52. The molecule has 2 aromatic rings. The summed E-state index contributed by atoms with van der Waals surface area (Å²) < 4.78 is 26.4. The molecule has 0 aliphatic heterocycles. The van der Waals surface area contributed by atoms with E-state index >= 15 is 0 Å². The fraction of sp³-hybridized carbons (Fsp3) is 0.111. The summed E-state index contributed by atoms with van der Waals surface area (Å²) in [7, 11) is -3.74. The van der Waals surface area contributed by atoms with Crippen molar-refractivity contribution in [2.24, 2.45) is 5.84 Å². The van der Waals surface area contributed by atoms with Gasteiger partial charge in [-0.25, -0.2) is 23.1 Å². The summed E-state index contributed by atoms with van der Waals surface area (Å²) in [6.07, 6.45) is 4.52. The smallest absolute Gasteiger partial charge is 0.260 e. The lowest BCUT2D eigenvalue weighted by atomic mass is 10.4. The molecule has 9 heteroatoms. The van der Waals surface area contributed by atoms with Crippen LogP contribution in [-0.4, -0.2) is 23.4 Å². The van der Waals surface area contributed by atoms with Gasteiger partial charge in [-0.1, -0.05) is 0 Å². The van der Waals surface area contributed by atoms with E-state index in [0.717, 1.165) is 0 Å². The summed E-state index contributed by atoms with van der Waals surface area (Å²) in [5, 5.41) is -0.154. The van der Waals surface area contributed by atoms with Crippen molar-refractivity contribution >= 4 is 15.7 Å². The highest BCUT2D eigenvalue weighted by atomic mass is 32.2. The molecule has 0 spiro atoms. The van der Waals surface area contributed by atoms with E-state index in [1.807, 2.05) is 0 Å². The van der Waals surface area contributed by atoms with E-state index in [9.17, 15) is 8.42 Å². The number of aromatic amines is 1. The lowest BCUT2D eigenvalue weighted by Crippen LogP contribution is -2.26. The SMILES string of the molecule is NNc1cccnc1S(=O)(=O)NCc1ncc[nH]1. The van der Waals surface area contributed by atoms with E-state index in [1.54, 1.807) is 12.3 Å². The fourth-order valence-electron chi connectivity index (χ4n) is 1.34. The molecule has 18 heavy (non-hydrogen) atoms. The largest absolute Gasteiger partial charge is 0.347 e. The van der Waals surface area contributed by atoms with Crippen LogP contribution in [0, 0.1) is 0 Å². The van der Waals surface area contributed by atoms with Gasteiger partial charge in [0.05, 0.1) is 12.2 Å². The summed E-state index contributed by atoms with van der Waals surface area (Å²) in [6, 6.07) is 3.11. The Morgan fingerprint density at radius 2 is 2.17 bits per heavy atom. The van der Waals surface area contributed by atoms with Crippen LogP contribution in [0.3, 0.4) is 0 Å². The van der Waals surface area contributed by atoms with Gasteiger partial charge in [0.15, 0.2) is 5.03 Å². The lowest BCUT2D eigenvalue weighted by Gasteiger charge is -2.08. The minimum Gasteiger partial charge on any atom is -0.347 e. The number of hydrogen-bond donors (Lipinski definition) is 4. The molecular weight excluding hydrogens is 256 g/mol. The third kappa shape index (κ3) is 2.64. The van der Waals surface area contributed by atoms with Gasteiger partial charge >= 0.3 is 0 Å². The molecule has 0 amide bonds. The predicted octanol–water partition coefficient (Wildman–Crippen LogP) is -0.431. The van der Waals surface area contributed by atoms with Gasteiger partial charge in [0.1, 0.15) is 5.82 Å². The number of hydrogen-bond acceptors (Lipinski definition) is 6. The third-order valence-corrected chi connectivity index (χ3v) is 3.52. The van der Waals surface area contributed by atoms with Crippen molar-refractivity contribution in [2.45, 2.75) is 11.6 Å². The van der Waals surface area contributed by atoms with Crippen LogP contribution in [0.4, 0.5) is 5.69 Å². The molecule has 2 rings (SSSR count). The molecule has 0 unspecified atom stereocenters. The van der Waals surface area contributed by atoms with Gasteiger partial charge in [-0.05, 0) is 12.1 Å². The van der Waals surface area contributed by atoms with E-state index in [0.29, 0.717) is 5.82 Å². The van der Waals surface area contributed by atoms with E-state index in [2.05, 4.69) is 25.1 Å². The van der Waals surface area contributed by atoms with Gasteiger partial charge < -0.3 is 10.4 Å². The summed E-state index contributed by atoms with van der Waals surface area (Å²) in [6.45, 7) is 0.0515. The Morgan fingerprint density at radius 3 is 2.83 bits per heavy atom. The first-order valence-corrected chi connectivity index (χ1v) is 6.51. The Labute approximate surface area is 104 Å². The number of nitrogens with one attached hydrogen (secondary N) is 3. The number of H-pyrrole nitrogens is 1. The van der Waals surface area contributed by atoms with Crippen LogP contribution in [0.5, 0.6) is 0 Å². The van der Waals surface area contributed by atoms with Crippen LogP contribution < -0.4 is 16.0 Å². The maximum Gasteiger partial charge on any atom is 0.260 e. The molecule has 0 atom stereocenters. The van der Waals surface area contributed by atoms with E-state index < -0.39 is 10.0 Å². The van der Waals surface area contributed by atoms with Crippen LogP contribution in [0.25, 0.3) is 0 Å². The Kier molecular flexibility index (Phi) is 3.55. The normalized spacial score (nSPS) is 11.4. The second-order valence-corrected chi connectivity index (χ2v) is 5.04. The van der Waals surface area contributed by atoms with Crippen molar-refractivity contribution in [2.75, 3.05) is 5.43 Å². The summed E-state index contributed by atoms with van der Waals surface area (Å²) >= 11 is 0. The number of nitrogens with zero attached hydrogens (tertiary/aromatic N) is 2. The van der Waals surface area contributed by atoms with Gasteiger partial charge in [0.2, 0.25) is 0 Å². The van der Waals surface area contributed by atoms with Crippen molar-refractivity contribution in [1.29, 1.82) is 0 Å². The van der Waals surface area contributed by atoms with Crippen molar-refractivity contribution in [3.63, 3.8) is 0 Å². The van der Waals surface area contributed by atoms with E-state index in [1.165, 1.54) is 18.5 Å². The summed E-state index contributed by atoms with van der Waals surface area (Å²) in [5.74, 6) is 5.75. The van der Waals surface area contributed by atoms with Gasteiger partial charge in [-0.2, -0.15) is 0 Å². The molecule has 5 N–H and O–H groups in total. The molecule has 0 saturated carbocycles. The molecule has 8 nitrogen and oxygen atoms in total. The Bertz CT molecular complexity index is 610. The summed E-state index contributed by atoms with van der Waals surface area (Å²) in [4.78, 5) is 10.5. The first-order valence-electron chi connectivity index (χ1n) is 5.03. The van der Waals surface area contributed by atoms with Crippen molar-refractivity contribution in [3.05, 3.63) is 36.5 Å². The number of aromatic nitrogens is 3. The predicted molar refractivity (Wildman–Crippen MR) is 64.7 cm³/mol. The average Bonchev–Trinajstić information content (AvgIpc) is 2.89. The minimum atomic E-state index is -3.74. The van der Waals surface area contributed by atoms with Crippen LogP contribution in [0.15, 0.2) is 35.7 Å². The van der Waals surface area contributed by atoms with Crippen molar-refractivity contribution < 1.29 is 8.42 Å². The van der Waals surface area contributed by atoms with E-state index in [-0.39, 0.29) is 17.3 Å². The Hall–Kier alpha value is -1.97. The third-order valence-electron chi connectivity index (χ3n) is 2.17. The molecule has 0 saturated heterocycles. The first kappa shape index (κ1) is 12.5. The van der Waals surface area contributed by atoms with Crippen LogP contribution in [0.1, 0.15) is 5.82 Å². The number of anilines is 1. The van der Waals surface area contributed by atoms with Gasteiger partial charge in [-0.3, -0.25) is 5.84 Å². The standard InChI is InChI=1S/C9H12N6O2S/c10-15-7-2-1-3-13-9(7)18(16,17)14-6-8-11-4-5-12-8/h1-5,14-15H,6,10H2,(H,11,12). The number of hydrazine groups is 1. The second kappa shape index (κ2) is 5.12. The maximum absolute atomic E-state index is 12.0. The zero-order valence-corrected chi connectivity index (χ0v) is 10.1. The Balaban J connectivity index is 2.20. The average molecular weight is 268 g/mol. The zero-order valence-electron chi connectivity index (χ0n) is 9.29. The zero-order chi connectivity index (χ0) is 13.0.